The second-order valence-corrected chi connectivity index (χ2v) is 5.31. The molecule has 2 aromatic rings. The van der Waals surface area contributed by atoms with Gasteiger partial charge in [0.15, 0.2) is 0 Å². The van der Waals surface area contributed by atoms with E-state index in [2.05, 4.69) is 69.0 Å². The number of rotatable bonds is 4. The zero-order valence-corrected chi connectivity index (χ0v) is 12.6. The molecule has 0 unspecified atom stereocenters. The zero-order chi connectivity index (χ0) is 13.1. The third kappa shape index (κ3) is 2.75. The number of nitrogens with one attached hydrogen (secondary N) is 1. The number of imidazole rings is 1. The maximum atomic E-state index is 4.53. The number of aromatic nitrogens is 2. The highest BCUT2D eigenvalue weighted by atomic mass is 79.9. The van der Waals surface area contributed by atoms with Crippen molar-refractivity contribution >= 4 is 21.9 Å². The SMILES string of the molecule is CCCNc1nc(C)cn1-c1cc(C)ccc1Br. The van der Waals surface area contributed by atoms with E-state index in [1.54, 1.807) is 0 Å². The summed E-state index contributed by atoms with van der Waals surface area (Å²) in [4.78, 5) is 4.53. The Balaban J connectivity index is 2.45. The summed E-state index contributed by atoms with van der Waals surface area (Å²) in [5, 5.41) is 3.36. The Bertz CT molecular complexity index is 546. The van der Waals surface area contributed by atoms with Crippen molar-refractivity contribution in [2.24, 2.45) is 0 Å². The summed E-state index contributed by atoms with van der Waals surface area (Å²) in [6, 6.07) is 6.32. The zero-order valence-electron chi connectivity index (χ0n) is 11.0. The van der Waals surface area contributed by atoms with Crippen molar-refractivity contribution in [2.45, 2.75) is 27.2 Å². The molecule has 0 amide bonds. The van der Waals surface area contributed by atoms with Crippen molar-refractivity contribution in [3.05, 3.63) is 40.1 Å². The Morgan fingerprint density at radius 3 is 2.83 bits per heavy atom. The van der Waals surface area contributed by atoms with Crippen molar-refractivity contribution in [1.82, 2.24) is 9.55 Å². The predicted octanol–water partition coefficient (Wildman–Crippen LogP) is 4.07. The fraction of sp³-hybridized carbons (Fsp3) is 0.357. The van der Waals surface area contributed by atoms with Gasteiger partial charge < -0.3 is 5.32 Å². The predicted molar refractivity (Wildman–Crippen MR) is 79.5 cm³/mol. The van der Waals surface area contributed by atoms with Crippen LogP contribution in [0.3, 0.4) is 0 Å². The van der Waals surface area contributed by atoms with Crippen LogP contribution in [0.1, 0.15) is 24.6 Å². The summed E-state index contributed by atoms with van der Waals surface area (Å²) in [5.74, 6) is 0.903. The summed E-state index contributed by atoms with van der Waals surface area (Å²) in [6.07, 6.45) is 3.14. The van der Waals surface area contributed by atoms with E-state index in [9.17, 15) is 0 Å². The number of nitrogens with zero attached hydrogens (tertiary/aromatic N) is 2. The van der Waals surface area contributed by atoms with Crippen molar-refractivity contribution in [1.29, 1.82) is 0 Å². The molecule has 0 aliphatic rings. The lowest BCUT2D eigenvalue weighted by molar-refractivity contribution is 0.935. The molecule has 0 aliphatic carbocycles. The monoisotopic (exact) mass is 307 g/mol. The number of benzene rings is 1. The van der Waals surface area contributed by atoms with Crippen LogP contribution < -0.4 is 5.32 Å². The van der Waals surface area contributed by atoms with Crippen LogP contribution in [0.2, 0.25) is 0 Å². The summed E-state index contributed by atoms with van der Waals surface area (Å²) >= 11 is 3.60. The molecule has 4 heteroatoms. The number of halogens is 1. The highest BCUT2D eigenvalue weighted by Crippen LogP contribution is 2.25. The average molecular weight is 308 g/mol. The minimum absolute atomic E-state index is 0.903. The molecule has 0 saturated carbocycles. The second kappa shape index (κ2) is 5.57. The Kier molecular flexibility index (Phi) is 4.07. The van der Waals surface area contributed by atoms with Crippen LogP contribution in [-0.4, -0.2) is 16.1 Å². The van der Waals surface area contributed by atoms with Gasteiger partial charge in [-0.1, -0.05) is 13.0 Å². The minimum Gasteiger partial charge on any atom is -0.355 e. The van der Waals surface area contributed by atoms with Crippen LogP contribution in [0.5, 0.6) is 0 Å². The molecule has 2 rings (SSSR count). The first-order chi connectivity index (χ1) is 8.61. The van der Waals surface area contributed by atoms with Crippen molar-refractivity contribution < 1.29 is 0 Å². The first-order valence-electron chi connectivity index (χ1n) is 6.18. The van der Waals surface area contributed by atoms with Crippen LogP contribution in [0, 0.1) is 13.8 Å². The van der Waals surface area contributed by atoms with Gasteiger partial charge >= 0.3 is 0 Å². The molecule has 3 nitrogen and oxygen atoms in total. The van der Waals surface area contributed by atoms with Gasteiger partial charge in [-0.2, -0.15) is 0 Å². The smallest absolute Gasteiger partial charge is 0.207 e. The molecule has 96 valence electrons. The third-order valence-corrected chi connectivity index (χ3v) is 3.39. The van der Waals surface area contributed by atoms with Gasteiger partial charge in [0, 0.05) is 17.2 Å². The highest BCUT2D eigenvalue weighted by Gasteiger charge is 2.09. The molecule has 1 aromatic heterocycles. The van der Waals surface area contributed by atoms with E-state index in [4.69, 9.17) is 0 Å². The van der Waals surface area contributed by atoms with Crippen molar-refractivity contribution in [3.8, 4) is 5.69 Å². The summed E-state index contributed by atoms with van der Waals surface area (Å²) < 4.78 is 3.17. The van der Waals surface area contributed by atoms with Gasteiger partial charge in [0.2, 0.25) is 5.95 Å². The van der Waals surface area contributed by atoms with Gasteiger partial charge in [-0.15, -0.1) is 0 Å². The fourth-order valence-corrected chi connectivity index (χ4v) is 2.29. The molecule has 0 spiro atoms. The van der Waals surface area contributed by atoms with Gasteiger partial charge in [-0.05, 0) is 53.9 Å². The molecule has 0 radical (unpaired) electrons. The van der Waals surface area contributed by atoms with E-state index in [1.165, 1.54) is 5.56 Å². The largest absolute Gasteiger partial charge is 0.355 e. The van der Waals surface area contributed by atoms with E-state index in [1.807, 2.05) is 6.92 Å². The molecular formula is C14H18BrN3. The molecule has 1 heterocycles. The average Bonchev–Trinajstić information content (AvgIpc) is 2.71. The van der Waals surface area contributed by atoms with Crippen LogP contribution in [-0.2, 0) is 0 Å². The standard InChI is InChI=1S/C14H18BrN3/c1-4-7-16-14-17-11(3)9-18(14)13-8-10(2)5-6-12(13)15/h5-6,8-9H,4,7H2,1-3H3,(H,16,17). The summed E-state index contributed by atoms with van der Waals surface area (Å²) in [5.41, 5.74) is 3.37. The first kappa shape index (κ1) is 13.1. The normalized spacial score (nSPS) is 10.7. The topological polar surface area (TPSA) is 29.9 Å². The Hall–Kier alpha value is -1.29. The van der Waals surface area contributed by atoms with Crippen molar-refractivity contribution in [2.75, 3.05) is 11.9 Å². The van der Waals surface area contributed by atoms with Gasteiger partial charge in [0.25, 0.3) is 0 Å². The van der Waals surface area contributed by atoms with Crippen LogP contribution in [0.25, 0.3) is 5.69 Å². The van der Waals surface area contributed by atoms with Crippen LogP contribution in [0.4, 0.5) is 5.95 Å². The fourth-order valence-electron chi connectivity index (χ4n) is 1.85. The quantitative estimate of drug-likeness (QED) is 0.922. The Morgan fingerprint density at radius 2 is 2.11 bits per heavy atom. The van der Waals surface area contributed by atoms with Crippen LogP contribution >= 0.6 is 15.9 Å². The lowest BCUT2D eigenvalue weighted by Gasteiger charge is -2.11. The van der Waals surface area contributed by atoms with Gasteiger partial charge in [0.05, 0.1) is 11.4 Å². The second-order valence-electron chi connectivity index (χ2n) is 4.46. The van der Waals surface area contributed by atoms with Crippen molar-refractivity contribution in [3.63, 3.8) is 0 Å². The molecule has 0 atom stereocenters. The molecule has 0 aliphatic heterocycles. The first-order valence-corrected chi connectivity index (χ1v) is 6.97. The molecule has 0 saturated heterocycles. The third-order valence-electron chi connectivity index (χ3n) is 2.72. The van der Waals surface area contributed by atoms with E-state index < -0.39 is 0 Å². The molecular weight excluding hydrogens is 290 g/mol. The lowest BCUT2D eigenvalue weighted by atomic mass is 10.2. The number of aryl methyl sites for hydroxylation is 2. The molecule has 18 heavy (non-hydrogen) atoms. The van der Waals surface area contributed by atoms with Crippen LogP contribution in [0.15, 0.2) is 28.9 Å². The van der Waals surface area contributed by atoms with Gasteiger partial charge in [0.1, 0.15) is 0 Å². The van der Waals surface area contributed by atoms with E-state index in [-0.39, 0.29) is 0 Å². The Labute approximate surface area is 116 Å². The summed E-state index contributed by atoms with van der Waals surface area (Å²) in [6.45, 7) is 7.19. The summed E-state index contributed by atoms with van der Waals surface area (Å²) in [7, 11) is 0. The maximum Gasteiger partial charge on any atom is 0.207 e. The molecule has 0 fully saturated rings. The van der Waals surface area contributed by atoms with E-state index in [0.29, 0.717) is 0 Å². The number of hydrogen-bond acceptors (Lipinski definition) is 2. The molecule has 1 aromatic carbocycles. The molecule has 1 N–H and O–H groups in total. The highest BCUT2D eigenvalue weighted by molar-refractivity contribution is 9.10. The van der Waals surface area contributed by atoms with E-state index >= 15 is 0 Å². The van der Waals surface area contributed by atoms with Gasteiger partial charge in [-0.3, -0.25) is 4.57 Å². The number of hydrogen-bond donors (Lipinski definition) is 1. The Morgan fingerprint density at radius 1 is 1.33 bits per heavy atom. The lowest BCUT2D eigenvalue weighted by Crippen LogP contribution is -2.07. The van der Waals surface area contributed by atoms with Gasteiger partial charge in [-0.25, -0.2) is 4.98 Å². The maximum absolute atomic E-state index is 4.53. The van der Waals surface area contributed by atoms with E-state index in [0.717, 1.165) is 34.8 Å². The molecule has 0 bridgehead atoms. The minimum atomic E-state index is 0.903. The number of anilines is 1.